The van der Waals surface area contributed by atoms with Crippen molar-refractivity contribution in [2.45, 2.75) is 49.7 Å². The maximum Gasteiger partial charge on any atom is 0.208 e. The summed E-state index contributed by atoms with van der Waals surface area (Å²) in [5, 5.41) is 9.91. The summed E-state index contributed by atoms with van der Waals surface area (Å²) >= 11 is 0. The topological polar surface area (TPSA) is 123 Å². The van der Waals surface area contributed by atoms with Crippen LogP contribution in [0.1, 0.15) is 24.8 Å². The molecule has 3 aliphatic rings. The Morgan fingerprint density at radius 1 is 1.14 bits per heavy atom. The number of halogens is 1. The Kier molecular flexibility index (Phi) is 6.28. The van der Waals surface area contributed by atoms with E-state index in [0.29, 0.717) is 35.5 Å². The van der Waals surface area contributed by atoms with Crippen molar-refractivity contribution in [1.29, 1.82) is 0 Å². The smallest absolute Gasteiger partial charge is 0.208 e. The highest BCUT2D eigenvalue weighted by atomic mass is 32.2. The standard InChI is InChI=1S/C26H28FN3O6S/c1-37(32,33)30-17-8-6-15(7-9-17)14-2-4-16(5-3-14)24-18(27)10-19-20(29-24)11-23(28-19)36-22-13-35-25-21(31)12-34-26(22)25/h2-6,10-11,17,21-22,25-26,28,30-31H,7-9,12-13H2,1H3/t17?,21-,22-,25-,26-/m1/s1. The van der Waals surface area contributed by atoms with Gasteiger partial charge >= 0.3 is 0 Å². The highest BCUT2D eigenvalue weighted by molar-refractivity contribution is 7.88. The normalized spacial score (nSPS) is 27.9. The monoisotopic (exact) mass is 529 g/mol. The summed E-state index contributed by atoms with van der Waals surface area (Å²) in [5.74, 6) is -0.0201. The molecule has 1 aliphatic carbocycles. The number of aliphatic hydroxyl groups excluding tert-OH is 1. The number of H-pyrrole nitrogens is 1. The van der Waals surface area contributed by atoms with Gasteiger partial charge in [0, 0.05) is 23.7 Å². The molecule has 0 bridgehead atoms. The molecule has 1 unspecified atom stereocenters. The Labute approximate surface area is 213 Å². The first-order valence-electron chi connectivity index (χ1n) is 12.3. The number of sulfonamides is 1. The predicted molar refractivity (Wildman–Crippen MR) is 135 cm³/mol. The van der Waals surface area contributed by atoms with Crippen molar-refractivity contribution < 1.29 is 32.1 Å². The fraction of sp³-hybridized carbons (Fsp3) is 0.423. The van der Waals surface area contributed by atoms with Gasteiger partial charge in [-0.2, -0.15) is 0 Å². The van der Waals surface area contributed by atoms with Crippen LogP contribution in [-0.4, -0.2) is 73.4 Å². The zero-order chi connectivity index (χ0) is 25.7. The molecule has 3 aromatic rings. The molecule has 11 heteroatoms. The second-order valence-corrected chi connectivity index (χ2v) is 11.7. The molecule has 4 heterocycles. The van der Waals surface area contributed by atoms with Gasteiger partial charge in [0.1, 0.15) is 24.0 Å². The number of rotatable bonds is 6. The average Bonchev–Trinajstić information content (AvgIpc) is 3.55. The van der Waals surface area contributed by atoms with Gasteiger partial charge in [-0.1, -0.05) is 30.3 Å². The number of ether oxygens (including phenoxy) is 3. The minimum atomic E-state index is -3.22. The van der Waals surface area contributed by atoms with Crippen LogP contribution >= 0.6 is 0 Å². The van der Waals surface area contributed by atoms with E-state index in [1.165, 1.54) is 12.3 Å². The SMILES string of the molecule is CS(=O)(=O)NC1CC=C(c2ccc(-c3nc4cc(O[C@@H]5CO[C@H]6[C@@H]5OC[C@H]6O)[nH]c4cc3F)cc2)CC1. The van der Waals surface area contributed by atoms with E-state index < -0.39 is 28.0 Å². The van der Waals surface area contributed by atoms with Crippen molar-refractivity contribution in [1.82, 2.24) is 14.7 Å². The van der Waals surface area contributed by atoms with E-state index in [1.807, 2.05) is 24.3 Å². The number of hydrogen-bond acceptors (Lipinski definition) is 7. The van der Waals surface area contributed by atoms with E-state index in [4.69, 9.17) is 14.2 Å². The van der Waals surface area contributed by atoms with Gasteiger partial charge < -0.3 is 24.3 Å². The van der Waals surface area contributed by atoms with E-state index in [-0.39, 0.29) is 30.6 Å². The number of nitrogens with one attached hydrogen (secondary N) is 2. The fourth-order valence-electron chi connectivity index (χ4n) is 5.33. The molecule has 0 spiro atoms. The molecular formula is C26H28FN3O6S. The zero-order valence-electron chi connectivity index (χ0n) is 20.2. The lowest BCUT2D eigenvalue weighted by atomic mass is 9.90. The van der Waals surface area contributed by atoms with Crippen LogP contribution in [0, 0.1) is 5.82 Å². The molecule has 2 saturated heterocycles. The van der Waals surface area contributed by atoms with Gasteiger partial charge in [0.05, 0.1) is 30.5 Å². The van der Waals surface area contributed by atoms with Crippen molar-refractivity contribution >= 4 is 26.6 Å². The van der Waals surface area contributed by atoms with E-state index in [2.05, 4.69) is 20.8 Å². The van der Waals surface area contributed by atoms with Crippen molar-refractivity contribution in [3.8, 4) is 17.1 Å². The molecule has 3 N–H and O–H groups in total. The number of benzene rings is 1. The summed E-state index contributed by atoms with van der Waals surface area (Å²) in [6, 6.07) is 10.6. The maximum atomic E-state index is 15.0. The molecule has 2 aromatic heterocycles. The van der Waals surface area contributed by atoms with Crippen LogP contribution in [0.4, 0.5) is 4.39 Å². The molecule has 0 saturated carbocycles. The Morgan fingerprint density at radius 2 is 1.89 bits per heavy atom. The Bertz CT molecular complexity index is 1450. The number of hydrogen-bond donors (Lipinski definition) is 3. The third-order valence-electron chi connectivity index (χ3n) is 7.11. The predicted octanol–water partition coefficient (Wildman–Crippen LogP) is 2.76. The molecule has 1 aromatic carbocycles. The van der Waals surface area contributed by atoms with Gasteiger partial charge in [-0.25, -0.2) is 22.5 Å². The third-order valence-corrected chi connectivity index (χ3v) is 7.87. The summed E-state index contributed by atoms with van der Waals surface area (Å²) < 4.78 is 57.8. The van der Waals surface area contributed by atoms with Crippen LogP contribution in [0.3, 0.4) is 0 Å². The Balaban J connectivity index is 1.17. The third kappa shape index (κ3) is 5.01. The lowest BCUT2D eigenvalue weighted by Gasteiger charge is -2.22. The van der Waals surface area contributed by atoms with Gasteiger partial charge in [-0.05, 0) is 30.4 Å². The number of aliphatic hydroxyl groups is 1. The average molecular weight is 530 g/mol. The van der Waals surface area contributed by atoms with Gasteiger partial charge in [-0.15, -0.1) is 0 Å². The summed E-state index contributed by atoms with van der Waals surface area (Å²) in [6.45, 7) is 0.515. The number of pyridine rings is 1. The van der Waals surface area contributed by atoms with Gasteiger partial charge in [0.25, 0.3) is 0 Å². The zero-order valence-corrected chi connectivity index (χ0v) is 21.0. The second-order valence-electron chi connectivity index (χ2n) is 9.87. The van der Waals surface area contributed by atoms with Crippen molar-refractivity contribution in [2.24, 2.45) is 0 Å². The molecular weight excluding hydrogens is 501 g/mol. The first kappa shape index (κ1) is 24.5. The molecule has 0 amide bonds. The largest absolute Gasteiger partial charge is 0.470 e. The van der Waals surface area contributed by atoms with Crippen LogP contribution < -0.4 is 9.46 Å². The fourth-order valence-corrected chi connectivity index (χ4v) is 6.15. The molecule has 37 heavy (non-hydrogen) atoms. The highest BCUT2D eigenvalue weighted by Gasteiger charge is 2.48. The van der Waals surface area contributed by atoms with E-state index >= 15 is 4.39 Å². The van der Waals surface area contributed by atoms with E-state index in [9.17, 15) is 13.5 Å². The van der Waals surface area contributed by atoms with Crippen molar-refractivity contribution in [3.63, 3.8) is 0 Å². The maximum absolute atomic E-state index is 15.0. The second kappa shape index (κ2) is 9.48. The number of fused-ring (bicyclic) bond motifs is 2. The van der Waals surface area contributed by atoms with E-state index in [1.54, 1.807) is 6.07 Å². The number of nitrogens with zero attached hydrogens (tertiary/aromatic N) is 1. The molecule has 9 nitrogen and oxygen atoms in total. The summed E-state index contributed by atoms with van der Waals surface area (Å²) in [4.78, 5) is 7.59. The van der Waals surface area contributed by atoms with Crippen molar-refractivity contribution in [2.75, 3.05) is 19.5 Å². The van der Waals surface area contributed by atoms with Gasteiger partial charge in [0.2, 0.25) is 10.0 Å². The number of aromatic amines is 1. The van der Waals surface area contributed by atoms with Crippen LogP contribution in [-0.2, 0) is 19.5 Å². The molecule has 196 valence electrons. The quantitative estimate of drug-likeness (QED) is 0.449. The molecule has 6 rings (SSSR count). The lowest BCUT2D eigenvalue weighted by Crippen LogP contribution is -2.34. The summed E-state index contributed by atoms with van der Waals surface area (Å²) in [5.41, 5.74) is 4.15. The van der Waals surface area contributed by atoms with Gasteiger partial charge in [-0.3, -0.25) is 0 Å². The van der Waals surface area contributed by atoms with Crippen LogP contribution in [0.15, 0.2) is 42.5 Å². The molecule has 2 aliphatic heterocycles. The summed E-state index contributed by atoms with van der Waals surface area (Å²) in [6.07, 6.45) is 3.58. The lowest BCUT2D eigenvalue weighted by molar-refractivity contribution is 0.00794. The first-order valence-corrected chi connectivity index (χ1v) is 14.2. The van der Waals surface area contributed by atoms with Crippen molar-refractivity contribution in [3.05, 3.63) is 53.9 Å². The van der Waals surface area contributed by atoms with Crippen LogP contribution in [0.2, 0.25) is 0 Å². The van der Waals surface area contributed by atoms with Crippen LogP contribution in [0.25, 0.3) is 27.9 Å². The molecule has 0 radical (unpaired) electrons. The minimum absolute atomic E-state index is 0.0850. The van der Waals surface area contributed by atoms with Gasteiger partial charge in [0.15, 0.2) is 17.8 Å². The number of allylic oxidation sites excluding steroid dienone is 1. The Hall–Kier alpha value is -2.83. The van der Waals surface area contributed by atoms with E-state index in [0.717, 1.165) is 24.0 Å². The highest BCUT2D eigenvalue weighted by Crippen LogP contribution is 2.33. The molecule has 5 atom stereocenters. The minimum Gasteiger partial charge on any atom is -0.470 e. The molecule has 2 fully saturated rings. The summed E-state index contributed by atoms with van der Waals surface area (Å²) in [7, 11) is -3.22. The number of aromatic nitrogens is 2. The van der Waals surface area contributed by atoms with Crippen LogP contribution in [0.5, 0.6) is 5.88 Å². The Morgan fingerprint density at radius 3 is 2.62 bits per heavy atom. The first-order chi connectivity index (χ1) is 17.7.